The maximum absolute atomic E-state index is 12.9. The molecule has 0 aliphatic carbocycles. The molecule has 2 heterocycles. The molecule has 0 saturated carbocycles. The molecule has 0 aliphatic rings. The average Bonchev–Trinajstić information content (AvgIpc) is 3.30. The van der Waals surface area contributed by atoms with E-state index < -0.39 is 23.7 Å². The molecule has 0 saturated heterocycles. The van der Waals surface area contributed by atoms with Gasteiger partial charge in [-0.05, 0) is 30.2 Å². The number of amides is 1. The Morgan fingerprint density at radius 1 is 1.19 bits per heavy atom. The summed E-state index contributed by atoms with van der Waals surface area (Å²) in [5.74, 6) is -0.346. The van der Waals surface area contributed by atoms with Crippen LogP contribution in [-0.2, 0) is 6.18 Å². The minimum absolute atomic E-state index is 0.00833. The first-order chi connectivity index (χ1) is 12.8. The summed E-state index contributed by atoms with van der Waals surface area (Å²) in [6, 6.07) is 7.09. The fourth-order valence-corrected chi connectivity index (χ4v) is 2.45. The van der Waals surface area contributed by atoms with Crippen LogP contribution in [0.15, 0.2) is 51.6 Å². The number of nitrogens with zero attached hydrogens (tertiary/aromatic N) is 2. The van der Waals surface area contributed by atoms with Gasteiger partial charge in [-0.25, -0.2) is 0 Å². The highest BCUT2D eigenvalue weighted by molar-refractivity contribution is 5.91. The van der Waals surface area contributed by atoms with Gasteiger partial charge in [0.1, 0.15) is 6.04 Å². The zero-order valence-corrected chi connectivity index (χ0v) is 14.4. The standard InChI is InChI=1S/C18H16F3N3O3/c1-10(2)14(22-16(25)13-7-4-8-26-13)17-23-15(24-27-17)11-5-3-6-12(9-11)18(19,20)21/h3-10,14H,1-2H3,(H,22,25)/t14-/m1/s1. The van der Waals surface area contributed by atoms with Crippen LogP contribution >= 0.6 is 0 Å². The first-order valence-corrected chi connectivity index (χ1v) is 8.11. The normalized spacial score (nSPS) is 13.0. The maximum Gasteiger partial charge on any atom is 0.416 e. The van der Waals surface area contributed by atoms with E-state index in [-0.39, 0.29) is 29.0 Å². The molecule has 6 nitrogen and oxygen atoms in total. The van der Waals surface area contributed by atoms with Crippen LogP contribution in [0.3, 0.4) is 0 Å². The second-order valence-electron chi connectivity index (χ2n) is 6.21. The van der Waals surface area contributed by atoms with Crippen LogP contribution < -0.4 is 5.32 Å². The van der Waals surface area contributed by atoms with Gasteiger partial charge in [0.25, 0.3) is 5.91 Å². The van der Waals surface area contributed by atoms with Crippen molar-refractivity contribution in [2.75, 3.05) is 0 Å². The summed E-state index contributed by atoms with van der Waals surface area (Å²) < 4.78 is 48.9. The zero-order valence-electron chi connectivity index (χ0n) is 14.4. The number of rotatable bonds is 5. The van der Waals surface area contributed by atoms with E-state index in [1.807, 2.05) is 13.8 Å². The molecule has 1 aromatic carbocycles. The lowest BCUT2D eigenvalue weighted by Crippen LogP contribution is -2.31. The number of benzene rings is 1. The SMILES string of the molecule is CC(C)[C@@H](NC(=O)c1ccco1)c1nc(-c2cccc(C(F)(F)F)c2)no1. The Bertz CT molecular complexity index is 917. The molecule has 0 fully saturated rings. The molecule has 9 heteroatoms. The number of furan rings is 1. The third-order valence-corrected chi connectivity index (χ3v) is 3.85. The van der Waals surface area contributed by atoms with E-state index in [0.717, 1.165) is 12.1 Å². The van der Waals surface area contributed by atoms with E-state index in [1.54, 1.807) is 6.07 Å². The molecule has 0 bridgehead atoms. The summed E-state index contributed by atoms with van der Waals surface area (Å²) in [5, 5.41) is 6.48. The molecular formula is C18H16F3N3O3. The van der Waals surface area contributed by atoms with Gasteiger partial charge in [-0.2, -0.15) is 18.2 Å². The van der Waals surface area contributed by atoms with E-state index in [0.29, 0.717) is 0 Å². The fourth-order valence-electron chi connectivity index (χ4n) is 2.45. The largest absolute Gasteiger partial charge is 0.459 e. The Hall–Kier alpha value is -3.10. The van der Waals surface area contributed by atoms with Crippen LogP contribution in [0.4, 0.5) is 13.2 Å². The maximum atomic E-state index is 12.9. The number of carbonyl (C=O) groups is 1. The van der Waals surface area contributed by atoms with Gasteiger partial charge in [-0.3, -0.25) is 4.79 Å². The molecule has 27 heavy (non-hydrogen) atoms. The van der Waals surface area contributed by atoms with Crippen molar-refractivity contribution in [2.45, 2.75) is 26.1 Å². The minimum Gasteiger partial charge on any atom is -0.459 e. The third-order valence-electron chi connectivity index (χ3n) is 3.85. The smallest absolute Gasteiger partial charge is 0.416 e. The first-order valence-electron chi connectivity index (χ1n) is 8.11. The lowest BCUT2D eigenvalue weighted by molar-refractivity contribution is -0.137. The highest BCUT2D eigenvalue weighted by Gasteiger charge is 2.31. The molecule has 0 unspecified atom stereocenters. The first kappa shape index (κ1) is 18.7. The van der Waals surface area contributed by atoms with Gasteiger partial charge in [0.15, 0.2) is 5.76 Å². The molecule has 2 aromatic heterocycles. The van der Waals surface area contributed by atoms with E-state index in [1.165, 1.54) is 24.5 Å². The second kappa shape index (κ2) is 7.26. The average molecular weight is 379 g/mol. The molecule has 0 radical (unpaired) electrons. The fraction of sp³-hybridized carbons (Fsp3) is 0.278. The molecule has 3 aromatic rings. The van der Waals surface area contributed by atoms with Crippen molar-refractivity contribution < 1.29 is 26.9 Å². The summed E-state index contributed by atoms with van der Waals surface area (Å²) in [6.07, 6.45) is -3.10. The quantitative estimate of drug-likeness (QED) is 0.707. The molecular weight excluding hydrogens is 363 g/mol. The molecule has 0 spiro atoms. The summed E-state index contributed by atoms with van der Waals surface area (Å²) in [4.78, 5) is 16.4. The zero-order chi connectivity index (χ0) is 19.6. The van der Waals surface area contributed by atoms with Crippen molar-refractivity contribution in [1.82, 2.24) is 15.5 Å². The van der Waals surface area contributed by atoms with Crippen LogP contribution in [-0.4, -0.2) is 16.0 Å². The van der Waals surface area contributed by atoms with Gasteiger partial charge >= 0.3 is 6.18 Å². The van der Waals surface area contributed by atoms with Crippen molar-refractivity contribution >= 4 is 5.91 Å². The number of aromatic nitrogens is 2. The van der Waals surface area contributed by atoms with E-state index >= 15 is 0 Å². The van der Waals surface area contributed by atoms with Gasteiger partial charge in [0.2, 0.25) is 11.7 Å². The molecule has 1 atom stereocenters. The number of halogens is 3. The number of alkyl halides is 3. The Balaban J connectivity index is 1.85. The second-order valence-corrected chi connectivity index (χ2v) is 6.21. The Kier molecular flexibility index (Phi) is 5.02. The number of nitrogens with one attached hydrogen (secondary N) is 1. The lowest BCUT2D eigenvalue weighted by Gasteiger charge is -2.17. The van der Waals surface area contributed by atoms with Crippen LogP contribution in [0.1, 0.15) is 41.9 Å². The predicted molar refractivity (Wildman–Crippen MR) is 88.5 cm³/mol. The van der Waals surface area contributed by atoms with Crippen molar-refractivity contribution in [3.63, 3.8) is 0 Å². The minimum atomic E-state index is -4.47. The molecule has 0 aliphatic heterocycles. The monoisotopic (exact) mass is 379 g/mol. The van der Waals surface area contributed by atoms with E-state index in [2.05, 4.69) is 15.5 Å². The van der Waals surface area contributed by atoms with Gasteiger partial charge in [0.05, 0.1) is 11.8 Å². The Morgan fingerprint density at radius 3 is 2.59 bits per heavy atom. The highest BCUT2D eigenvalue weighted by atomic mass is 19.4. The summed E-state index contributed by atoms with van der Waals surface area (Å²) in [5.41, 5.74) is -0.641. The van der Waals surface area contributed by atoms with Crippen LogP contribution in [0.2, 0.25) is 0 Å². The van der Waals surface area contributed by atoms with E-state index in [9.17, 15) is 18.0 Å². The van der Waals surface area contributed by atoms with Gasteiger partial charge in [0, 0.05) is 5.56 Å². The highest BCUT2D eigenvalue weighted by Crippen LogP contribution is 2.32. The van der Waals surface area contributed by atoms with Crippen molar-refractivity contribution in [2.24, 2.45) is 5.92 Å². The van der Waals surface area contributed by atoms with Crippen molar-refractivity contribution in [3.05, 3.63) is 59.9 Å². The summed E-state index contributed by atoms with van der Waals surface area (Å²) in [7, 11) is 0. The predicted octanol–water partition coefficient (Wildman–Crippen LogP) is 4.48. The van der Waals surface area contributed by atoms with Crippen LogP contribution in [0.25, 0.3) is 11.4 Å². The van der Waals surface area contributed by atoms with Crippen LogP contribution in [0.5, 0.6) is 0 Å². The van der Waals surface area contributed by atoms with Gasteiger partial charge in [-0.15, -0.1) is 0 Å². The number of hydrogen-bond donors (Lipinski definition) is 1. The summed E-state index contributed by atoms with van der Waals surface area (Å²) >= 11 is 0. The molecule has 1 amide bonds. The molecule has 3 rings (SSSR count). The van der Waals surface area contributed by atoms with Gasteiger partial charge < -0.3 is 14.3 Å². The third kappa shape index (κ3) is 4.18. The van der Waals surface area contributed by atoms with Gasteiger partial charge in [-0.1, -0.05) is 31.1 Å². The number of carbonyl (C=O) groups excluding carboxylic acids is 1. The van der Waals surface area contributed by atoms with E-state index in [4.69, 9.17) is 8.94 Å². The molecule has 142 valence electrons. The lowest BCUT2D eigenvalue weighted by atomic mass is 10.0. The Labute approximate surface area is 152 Å². The van der Waals surface area contributed by atoms with Crippen molar-refractivity contribution in [3.8, 4) is 11.4 Å². The number of hydrogen-bond acceptors (Lipinski definition) is 5. The van der Waals surface area contributed by atoms with Crippen LogP contribution in [0, 0.1) is 5.92 Å². The van der Waals surface area contributed by atoms with Crippen molar-refractivity contribution in [1.29, 1.82) is 0 Å². The molecule has 1 N–H and O–H groups in total. The topological polar surface area (TPSA) is 81.2 Å². The summed E-state index contributed by atoms with van der Waals surface area (Å²) in [6.45, 7) is 3.67. The Morgan fingerprint density at radius 2 is 1.96 bits per heavy atom.